The Labute approximate surface area is 534 Å². The summed E-state index contributed by atoms with van der Waals surface area (Å²) in [7, 11) is 0. The van der Waals surface area contributed by atoms with E-state index in [0.717, 1.165) is 0 Å². The van der Waals surface area contributed by atoms with E-state index in [4.69, 9.17) is 71.1 Å². The van der Waals surface area contributed by atoms with Gasteiger partial charge >= 0.3 is 0 Å². The van der Waals surface area contributed by atoms with Crippen LogP contribution in [0.25, 0.3) is 0 Å². The monoisotopic (exact) mass is 1340 g/mol. The van der Waals surface area contributed by atoms with Gasteiger partial charge in [-0.25, -0.2) is 0 Å². The van der Waals surface area contributed by atoms with E-state index in [1.807, 2.05) is 6.92 Å². The Kier molecular flexibility index (Phi) is 43.3. The summed E-state index contributed by atoms with van der Waals surface area (Å²) >= 11 is 0. The van der Waals surface area contributed by atoms with Gasteiger partial charge in [-0.05, 0) is 0 Å². The molecule has 3 rings (SSSR count). The molecule has 3 aliphatic rings. The average Bonchev–Trinajstić information content (AvgIpc) is 0.990. The van der Waals surface area contributed by atoms with E-state index < -0.39 is 136 Å². The molecule has 15 N–H and O–H groups in total. The van der Waals surface area contributed by atoms with Crippen LogP contribution in [0.15, 0.2) is 0 Å². The predicted octanol–water partition coefficient (Wildman–Crippen LogP) is -8.46. The summed E-state index contributed by atoms with van der Waals surface area (Å²) in [5, 5.41) is 106. The van der Waals surface area contributed by atoms with Crippen molar-refractivity contribution in [3.8, 4) is 0 Å². The number of carbonyl (C=O) groups excluding carboxylic acids is 6. The second-order valence-electron chi connectivity index (χ2n) is 21.4. The number of hydrogen-bond acceptors (Lipinski definition) is 30. The summed E-state index contributed by atoms with van der Waals surface area (Å²) in [6, 6.07) is -3.22. The molecule has 536 valence electrons. The third-order valence-corrected chi connectivity index (χ3v) is 14.0. The van der Waals surface area contributed by atoms with Gasteiger partial charge in [0.15, 0.2) is 18.9 Å². The highest BCUT2D eigenvalue weighted by molar-refractivity contribution is 5.77. The van der Waals surface area contributed by atoms with Crippen LogP contribution >= 0.6 is 0 Å². The van der Waals surface area contributed by atoms with Crippen LogP contribution in [-0.2, 0) is 99.8 Å². The van der Waals surface area contributed by atoms with Crippen LogP contribution in [0.2, 0.25) is 0 Å². The first kappa shape index (κ1) is 82.1. The number of ether oxygens (including phenoxy) is 15. The number of nitrogens with one attached hydrogen (secondary N) is 6. The third kappa shape index (κ3) is 33.0. The van der Waals surface area contributed by atoms with E-state index in [1.165, 1.54) is 20.8 Å². The Morgan fingerprint density at radius 1 is 0.370 bits per heavy atom. The highest BCUT2D eigenvalue weighted by Gasteiger charge is 2.48. The molecule has 3 saturated heterocycles. The van der Waals surface area contributed by atoms with Crippen LogP contribution in [0.4, 0.5) is 0 Å². The van der Waals surface area contributed by atoms with Crippen molar-refractivity contribution in [3.05, 3.63) is 0 Å². The maximum Gasteiger partial charge on any atom is 0.222 e. The highest BCUT2D eigenvalue weighted by Crippen LogP contribution is 2.25. The Morgan fingerprint density at radius 3 is 0.957 bits per heavy atom. The zero-order valence-electron chi connectivity index (χ0n) is 52.9. The summed E-state index contributed by atoms with van der Waals surface area (Å²) in [4.78, 5) is 72.7. The quantitative estimate of drug-likeness (QED) is 0.0252. The largest absolute Gasteiger partial charge is 0.394 e. The molecule has 0 spiro atoms. The molecule has 3 fully saturated rings. The number of amides is 6. The van der Waals surface area contributed by atoms with Gasteiger partial charge in [0.2, 0.25) is 35.4 Å². The Morgan fingerprint density at radius 2 is 0.652 bits per heavy atom. The average molecular weight is 1340 g/mol. The van der Waals surface area contributed by atoms with Gasteiger partial charge in [0.1, 0.15) is 73.1 Å². The van der Waals surface area contributed by atoms with Crippen molar-refractivity contribution in [2.45, 2.75) is 145 Å². The Hall–Kier alpha value is -4.14. The molecule has 17 unspecified atom stereocenters. The van der Waals surface area contributed by atoms with E-state index in [9.17, 15) is 74.7 Å². The van der Waals surface area contributed by atoms with Gasteiger partial charge in [-0.2, -0.15) is 0 Å². The SMILES string of the molecule is CC(=O)NC1C(OCCOCCOCCNC(=O)CCOCC(C)C(COCCC(=O)NCCOCCOCCOC2OC(CO)C(O)C(O)C2NC(C)=O)OCCC(=O)NCCOCCOCCOC2OC(CO)C(O)C(O)C2NC(C)=O)OC(CO)C(O)C1O. The zero-order chi connectivity index (χ0) is 67.6. The van der Waals surface area contributed by atoms with Crippen LogP contribution in [0.1, 0.15) is 47.0 Å². The van der Waals surface area contributed by atoms with Crippen molar-refractivity contribution in [1.82, 2.24) is 31.9 Å². The summed E-state index contributed by atoms with van der Waals surface area (Å²) < 4.78 is 84.1. The molecule has 3 aliphatic heterocycles. The number of carbonyl (C=O) groups is 6. The van der Waals surface area contributed by atoms with E-state index >= 15 is 0 Å². The summed E-state index contributed by atoms with van der Waals surface area (Å²) in [5.41, 5.74) is 0. The summed E-state index contributed by atoms with van der Waals surface area (Å²) in [5.74, 6) is -2.59. The van der Waals surface area contributed by atoms with E-state index in [2.05, 4.69) is 31.9 Å². The van der Waals surface area contributed by atoms with Crippen LogP contribution < -0.4 is 31.9 Å². The molecule has 3 heterocycles. The van der Waals surface area contributed by atoms with Crippen LogP contribution in [-0.4, -0.2) is 351 Å². The van der Waals surface area contributed by atoms with Crippen molar-refractivity contribution >= 4 is 35.4 Å². The van der Waals surface area contributed by atoms with Crippen molar-refractivity contribution in [2.24, 2.45) is 5.92 Å². The Bertz CT molecular complexity index is 2030. The first-order valence-electron chi connectivity index (χ1n) is 30.8. The summed E-state index contributed by atoms with van der Waals surface area (Å²) in [6.07, 6.45) is -15.9. The molecule has 6 amide bonds. The van der Waals surface area contributed by atoms with Crippen LogP contribution in [0.5, 0.6) is 0 Å². The lowest BCUT2D eigenvalue weighted by molar-refractivity contribution is -0.272. The molecule has 0 aromatic carbocycles. The van der Waals surface area contributed by atoms with Gasteiger partial charge in [-0.3, -0.25) is 28.8 Å². The van der Waals surface area contributed by atoms with Crippen molar-refractivity contribution in [3.63, 3.8) is 0 Å². The topological polar surface area (TPSA) is 495 Å². The molecule has 0 aliphatic carbocycles. The first-order chi connectivity index (χ1) is 44.2. The summed E-state index contributed by atoms with van der Waals surface area (Å²) in [6.45, 7) is 6.81. The lowest BCUT2D eigenvalue weighted by Crippen LogP contribution is -2.64. The maximum absolute atomic E-state index is 12.7. The van der Waals surface area contributed by atoms with Crippen LogP contribution in [0.3, 0.4) is 0 Å². The normalized spacial score (nSPS) is 27.2. The van der Waals surface area contributed by atoms with Gasteiger partial charge in [0.05, 0.1) is 158 Å². The second-order valence-corrected chi connectivity index (χ2v) is 21.4. The molecular formula is C56H102N6O30. The van der Waals surface area contributed by atoms with E-state index in [-0.39, 0.29) is 195 Å². The molecule has 36 nitrogen and oxygen atoms in total. The molecule has 36 heteroatoms. The smallest absolute Gasteiger partial charge is 0.222 e. The molecule has 0 saturated carbocycles. The molecule has 0 aromatic heterocycles. The zero-order valence-corrected chi connectivity index (χ0v) is 52.9. The maximum atomic E-state index is 12.7. The number of aliphatic hydroxyl groups excluding tert-OH is 9. The lowest BCUT2D eigenvalue weighted by Gasteiger charge is -2.42. The van der Waals surface area contributed by atoms with Gasteiger partial charge in [-0.1, -0.05) is 6.92 Å². The van der Waals surface area contributed by atoms with Gasteiger partial charge < -0.3 is 149 Å². The fraction of sp³-hybridized carbons (Fsp3) is 0.893. The number of rotatable bonds is 51. The van der Waals surface area contributed by atoms with E-state index in [0.29, 0.717) is 0 Å². The minimum Gasteiger partial charge on any atom is -0.394 e. The van der Waals surface area contributed by atoms with Gasteiger partial charge in [-0.15, -0.1) is 0 Å². The van der Waals surface area contributed by atoms with Crippen molar-refractivity contribution in [1.29, 1.82) is 0 Å². The van der Waals surface area contributed by atoms with Crippen molar-refractivity contribution < 1.29 is 146 Å². The minimum atomic E-state index is -1.44. The van der Waals surface area contributed by atoms with Crippen molar-refractivity contribution in [2.75, 3.05) is 172 Å². The molecule has 0 radical (unpaired) electrons. The first-order valence-corrected chi connectivity index (χ1v) is 30.8. The highest BCUT2D eigenvalue weighted by atomic mass is 16.7. The Balaban J connectivity index is 1.31. The predicted molar refractivity (Wildman–Crippen MR) is 312 cm³/mol. The third-order valence-electron chi connectivity index (χ3n) is 14.0. The molecule has 92 heavy (non-hydrogen) atoms. The van der Waals surface area contributed by atoms with Gasteiger partial charge in [0.25, 0.3) is 0 Å². The molecule has 17 atom stereocenters. The standard InChI is InChI=1S/C56H102N6O30/c1-34(32-84-11-5-42(69)57-8-14-78-17-20-81-23-26-87-54-45(60-35(2)66)51(75)48(72)38(29-63)90-54)41(86-13-7-44(71)59-10-16-80-19-22-83-25-28-89-56-47(62-37(4)68)53(77)50(74)40(31-65)92-56)33-85-12-6-43(70)58-9-15-79-18-21-82-24-27-88-55-46(61-36(3)67)52(76)49(73)39(30-64)91-55/h34,38-41,45-56,63-65,72-77H,5-33H2,1-4H3,(H,57,69)(H,58,70)(H,59,71)(H,60,66)(H,61,67)(H,62,68). The second kappa shape index (κ2) is 48.5. The fourth-order valence-corrected chi connectivity index (χ4v) is 9.11. The number of hydrogen-bond donors (Lipinski definition) is 15. The fourth-order valence-electron chi connectivity index (χ4n) is 9.11. The van der Waals surface area contributed by atoms with Gasteiger partial charge in [0, 0.05) is 65.6 Å². The molecular weight excluding hydrogens is 1240 g/mol. The van der Waals surface area contributed by atoms with E-state index in [1.54, 1.807) is 0 Å². The minimum absolute atomic E-state index is 0.000140. The molecule has 0 aromatic rings. The molecule has 0 bridgehead atoms. The lowest BCUT2D eigenvalue weighted by atomic mass is 9.97. The number of aliphatic hydroxyl groups is 9. The van der Waals surface area contributed by atoms with Crippen LogP contribution in [0, 0.1) is 5.92 Å².